The van der Waals surface area contributed by atoms with Crippen LogP contribution < -0.4 is 15.4 Å². The SMILES string of the molecule is COCCNC(=O)c1c(NC(=O)C=Cc2ccc(OC)cc2)sc2c1CCCC2. The summed E-state index contributed by atoms with van der Waals surface area (Å²) in [7, 11) is 3.21. The number of anilines is 1. The summed E-state index contributed by atoms with van der Waals surface area (Å²) in [6.07, 6.45) is 7.22. The van der Waals surface area contributed by atoms with Gasteiger partial charge in [0, 0.05) is 24.6 Å². The summed E-state index contributed by atoms with van der Waals surface area (Å²) in [6.45, 7) is 0.884. The Labute approximate surface area is 174 Å². The number of carbonyl (C=O) groups excluding carboxylic acids is 2. The van der Waals surface area contributed by atoms with Crippen LogP contribution in [0.1, 0.15) is 39.2 Å². The molecule has 0 fully saturated rings. The van der Waals surface area contributed by atoms with Gasteiger partial charge in [0.25, 0.3) is 5.91 Å². The number of thiophene rings is 1. The molecule has 1 aliphatic rings. The van der Waals surface area contributed by atoms with Gasteiger partial charge in [0.2, 0.25) is 5.91 Å². The lowest BCUT2D eigenvalue weighted by Gasteiger charge is -2.13. The summed E-state index contributed by atoms with van der Waals surface area (Å²) in [5.74, 6) is 0.348. The fourth-order valence-electron chi connectivity index (χ4n) is 3.29. The van der Waals surface area contributed by atoms with Crippen molar-refractivity contribution in [3.63, 3.8) is 0 Å². The van der Waals surface area contributed by atoms with Gasteiger partial charge in [-0.15, -0.1) is 11.3 Å². The molecule has 0 unspecified atom stereocenters. The van der Waals surface area contributed by atoms with Crippen molar-refractivity contribution in [2.24, 2.45) is 0 Å². The molecule has 1 aromatic heterocycles. The van der Waals surface area contributed by atoms with Crippen molar-refractivity contribution in [3.8, 4) is 5.75 Å². The van der Waals surface area contributed by atoms with Crippen molar-refractivity contribution in [2.75, 3.05) is 32.7 Å². The maximum atomic E-state index is 12.8. The number of benzene rings is 1. The number of fused-ring (bicyclic) bond motifs is 1. The fourth-order valence-corrected chi connectivity index (χ4v) is 4.58. The highest BCUT2D eigenvalue weighted by Crippen LogP contribution is 2.38. The number of hydrogen-bond donors (Lipinski definition) is 2. The quantitative estimate of drug-likeness (QED) is 0.511. The Morgan fingerprint density at radius 1 is 1.14 bits per heavy atom. The lowest BCUT2D eigenvalue weighted by Crippen LogP contribution is -2.28. The van der Waals surface area contributed by atoms with E-state index in [0.717, 1.165) is 42.6 Å². The van der Waals surface area contributed by atoms with Crippen molar-refractivity contribution in [1.82, 2.24) is 5.32 Å². The first-order chi connectivity index (χ1) is 14.1. The van der Waals surface area contributed by atoms with E-state index in [1.165, 1.54) is 22.3 Å². The molecule has 2 aromatic rings. The van der Waals surface area contributed by atoms with Gasteiger partial charge in [-0.25, -0.2) is 0 Å². The molecule has 0 bridgehead atoms. The first kappa shape index (κ1) is 21.1. The van der Waals surface area contributed by atoms with Crippen molar-refractivity contribution >= 4 is 34.2 Å². The van der Waals surface area contributed by atoms with Gasteiger partial charge in [-0.05, 0) is 55.0 Å². The van der Waals surface area contributed by atoms with Crippen LogP contribution >= 0.6 is 11.3 Å². The lowest BCUT2D eigenvalue weighted by molar-refractivity contribution is -0.111. The smallest absolute Gasteiger partial charge is 0.254 e. The predicted molar refractivity (Wildman–Crippen MR) is 116 cm³/mol. The molecule has 0 spiro atoms. The van der Waals surface area contributed by atoms with E-state index >= 15 is 0 Å². The number of amides is 2. The number of nitrogens with one attached hydrogen (secondary N) is 2. The zero-order valence-corrected chi connectivity index (χ0v) is 17.6. The summed E-state index contributed by atoms with van der Waals surface area (Å²) in [5.41, 5.74) is 2.57. The molecule has 1 heterocycles. The standard InChI is InChI=1S/C22H26N2O4S/c1-27-14-13-23-21(26)20-17-5-3-4-6-18(17)29-22(20)24-19(25)12-9-15-7-10-16(28-2)11-8-15/h7-12H,3-6,13-14H2,1-2H3,(H,23,26)(H,24,25). The van der Waals surface area contributed by atoms with Gasteiger partial charge in [-0.3, -0.25) is 9.59 Å². The Morgan fingerprint density at radius 2 is 1.90 bits per heavy atom. The van der Waals surface area contributed by atoms with Gasteiger partial charge < -0.3 is 20.1 Å². The highest BCUT2D eigenvalue weighted by molar-refractivity contribution is 7.17. The van der Waals surface area contributed by atoms with Gasteiger partial charge >= 0.3 is 0 Å². The second kappa shape index (κ2) is 10.2. The van der Waals surface area contributed by atoms with E-state index < -0.39 is 0 Å². The van der Waals surface area contributed by atoms with Gasteiger partial charge in [0.05, 0.1) is 19.3 Å². The number of hydrogen-bond acceptors (Lipinski definition) is 5. The molecule has 2 amide bonds. The van der Waals surface area contributed by atoms with E-state index in [1.54, 1.807) is 20.3 Å². The van der Waals surface area contributed by atoms with Gasteiger partial charge in [-0.2, -0.15) is 0 Å². The second-order valence-corrected chi connectivity index (χ2v) is 7.86. The zero-order chi connectivity index (χ0) is 20.6. The third-order valence-electron chi connectivity index (χ3n) is 4.77. The molecule has 0 radical (unpaired) electrons. The summed E-state index contributed by atoms with van der Waals surface area (Å²) in [6, 6.07) is 7.43. The average Bonchev–Trinajstić information content (AvgIpc) is 3.10. The number of methoxy groups -OCH3 is 2. The van der Waals surface area contributed by atoms with Crippen LogP contribution in [0.25, 0.3) is 6.08 Å². The second-order valence-electron chi connectivity index (χ2n) is 6.76. The first-order valence-corrected chi connectivity index (χ1v) is 10.5. The predicted octanol–water partition coefficient (Wildman–Crippen LogP) is 3.66. The molecule has 29 heavy (non-hydrogen) atoms. The average molecular weight is 415 g/mol. The van der Waals surface area contributed by atoms with Crippen LogP contribution in [0.15, 0.2) is 30.3 Å². The molecule has 154 valence electrons. The topological polar surface area (TPSA) is 76.7 Å². The molecule has 2 N–H and O–H groups in total. The maximum absolute atomic E-state index is 12.8. The Morgan fingerprint density at radius 3 is 2.62 bits per heavy atom. The molecule has 3 rings (SSSR count). The number of carbonyl (C=O) groups is 2. The maximum Gasteiger partial charge on any atom is 0.254 e. The van der Waals surface area contributed by atoms with Gasteiger partial charge in [0.1, 0.15) is 10.8 Å². The fraction of sp³-hybridized carbons (Fsp3) is 0.364. The number of rotatable bonds is 8. The molecule has 1 aromatic carbocycles. The third kappa shape index (κ3) is 5.46. The van der Waals surface area contributed by atoms with Crippen LogP contribution in [0.4, 0.5) is 5.00 Å². The molecule has 0 atom stereocenters. The summed E-state index contributed by atoms with van der Waals surface area (Å²) < 4.78 is 10.1. The van der Waals surface area contributed by atoms with Gasteiger partial charge in [-0.1, -0.05) is 12.1 Å². The van der Waals surface area contributed by atoms with E-state index in [2.05, 4.69) is 10.6 Å². The van der Waals surface area contributed by atoms with Crippen molar-refractivity contribution in [2.45, 2.75) is 25.7 Å². The minimum absolute atomic E-state index is 0.157. The molecule has 7 heteroatoms. The molecule has 1 aliphatic carbocycles. The van der Waals surface area contributed by atoms with Crippen LogP contribution in [-0.4, -0.2) is 39.2 Å². The minimum Gasteiger partial charge on any atom is -0.497 e. The Hall–Kier alpha value is -2.64. The van der Waals surface area contributed by atoms with Crippen LogP contribution in [-0.2, 0) is 22.4 Å². The van der Waals surface area contributed by atoms with Crippen LogP contribution in [0.5, 0.6) is 5.75 Å². The van der Waals surface area contributed by atoms with E-state index in [1.807, 2.05) is 24.3 Å². The minimum atomic E-state index is -0.259. The summed E-state index contributed by atoms with van der Waals surface area (Å²) >= 11 is 1.51. The van der Waals surface area contributed by atoms with Crippen LogP contribution in [0, 0.1) is 0 Å². The van der Waals surface area contributed by atoms with E-state index in [9.17, 15) is 9.59 Å². The van der Waals surface area contributed by atoms with Gasteiger partial charge in [0.15, 0.2) is 0 Å². The van der Waals surface area contributed by atoms with E-state index in [4.69, 9.17) is 9.47 Å². The van der Waals surface area contributed by atoms with E-state index in [-0.39, 0.29) is 11.8 Å². The first-order valence-electron chi connectivity index (χ1n) is 9.67. The number of ether oxygens (including phenoxy) is 2. The van der Waals surface area contributed by atoms with Crippen molar-refractivity contribution < 1.29 is 19.1 Å². The third-order valence-corrected chi connectivity index (χ3v) is 5.98. The van der Waals surface area contributed by atoms with Crippen molar-refractivity contribution in [1.29, 1.82) is 0 Å². The zero-order valence-electron chi connectivity index (χ0n) is 16.7. The lowest BCUT2D eigenvalue weighted by atomic mass is 9.95. The Balaban J connectivity index is 1.74. The van der Waals surface area contributed by atoms with Crippen molar-refractivity contribution in [3.05, 3.63) is 51.9 Å². The summed E-state index contributed by atoms with van der Waals surface area (Å²) in [4.78, 5) is 26.4. The monoisotopic (exact) mass is 414 g/mol. The highest BCUT2D eigenvalue weighted by atomic mass is 32.1. The molecule has 0 saturated carbocycles. The normalized spacial score (nSPS) is 13.2. The Bertz CT molecular complexity index is 887. The largest absolute Gasteiger partial charge is 0.497 e. The molecule has 0 aliphatic heterocycles. The van der Waals surface area contributed by atoms with E-state index in [0.29, 0.717) is 23.7 Å². The molecule has 6 nitrogen and oxygen atoms in total. The van der Waals surface area contributed by atoms with Crippen LogP contribution in [0.2, 0.25) is 0 Å². The number of aryl methyl sites for hydroxylation is 1. The highest BCUT2D eigenvalue weighted by Gasteiger charge is 2.25. The molecular weight excluding hydrogens is 388 g/mol. The molecule has 0 saturated heterocycles. The molecular formula is C22H26N2O4S. The van der Waals surface area contributed by atoms with Crippen LogP contribution in [0.3, 0.4) is 0 Å². The summed E-state index contributed by atoms with van der Waals surface area (Å²) in [5, 5.41) is 6.41. The Kier molecular flexibility index (Phi) is 7.43.